The van der Waals surface area contributed by atoms with Gasteiger partial charge in [0.05, 0.1) is 10.2 Å². The van der Waals surface area contributed by atoms with Crippen LogP contribution in [0.15, 0.2) is 72.1 Å². The zero-order chi connectivity index (χ0) is 18.2. The third-order valence-corrected chi connectivity index (χ3v) is 6.09. The molecule has 0 unspecified atom stereocenters. The smallest absolute Gasteiger partial charge is 0.258 e. The Bertz CT molecular complexity index is 1250. The molecule has 0 aliphatic carbocycles. The normalized spacial score (nSPS) is 11.1. The summed E-state index contributed by atoms with van der Waals surface area (Å²) in [7, 11) is 0. The molecule has 0 atom stereocenters. The van der Waals surface area contributed by atoms with Crippen molar-refractivity contribution in [3.8, 4) is 10.7 Å². The molecule has 0 aliphatic heterocycles. The molecule has 2 heterocycles. The Balaban J connectivity index is 1.44. The van der Waals surface area contributed by atoms with E-state index >= 15 is 0 Å². The summed E-state index contributed by atoms with van der Waals surface area (Å²) in [6, 6.07) is 21.6. The first-order valence-electron chi connectivity index (χ1n) is 8.38. The Hall–Kier alpha value is -3.09. The van der Waals surface area contributed by atoms with Crippen molar-refractivity contribution in [2.45, 2.75) is 0 Å². The molecule has 0 fully saturated rings. The van der Waals surface area contributed by atoms with E-state index in [2.05, 4.69) is 15.3 Å². The Morgan fingerprint density at radius 2 is 1.70 bits per heavy atom. The van der Waals surface area contributed by atoms with E-state index in [4.69, 9.17) is 0 Å². The number of benzene rings is 3. The van der Waals surface area contributed by atoms with Crippen molar-refractivity contribution < 1.29 is 4.79 Å². The van der Waals surface area contributed by atoms with Gasteiger partial charge in [-0.15, -0.1) is 22.7 Å². The van der Waals surface area contributed by atoms with Crippen LogP contribution in [0.25, 0.3) is 31.7 Å². The van der Waals surface area contributed by atoms with Crippen molar-refractivity contribution in [1.82, 2.24) is 9.97 Å². The topological polar surface area (TPSA) is 54.9 Å². The summed E-state index contributed by atoms with van der Waals surface area (Å²) < 4.78 is 1.13. The number of nitrogens with zero attached hydrogens (tertiary/aromatic N) is 2. The summed E-state index contributed by atoms with van der Waals surface area (Å²) in [4.78, 5) is 21.9. The van der Waals surface area contributed by atoms with Gasteiger partial charge in [0, 0.05) is 10.9 Å². The average molecular weight is 387 g/mol. The van der Waals surface area contributed by atoms with Crippen LogP contribution in [0.2, 0.25) is 0 Å². The van der Waals surface area contributed by atoms with E-state index in [1.165, 1.54) is 11.3 Å². The summed E-state index contributed by atoms with van der Waals surface area (Å²) >= 11 is 3.01. The van der Waals surface area contributed by atoms with Crippen molar-refractivity contribution in [3.63, 3.8) is 0 Å². The predicted octanol–water partition coefficient (Wildman–Crippen LogP) is 5.83. The van der Waals surface area contributed by atoms with Gasteiger partial charge in [-0.25, -0.2) is 9.97 Å². The summed E-state index contributed by atoms with van der Waals surface area (Å²) in [5.74, 6) is -0.156. The van der Waals surface area contributed by atoms with Crippen LogP contribution < -0.4 is 5.32 Å². The lowest BCUT2D eigenvalue weighted by Gasteiger charge is -2.05. The molecule has 0 saturated carbocycles. The Labute approximate surface area is 163 Å². The fraction of sp³-hybridized carbons (Fsp3) is 0. The highest BCUT2D eigenvalue weighted by Gasteiger charge is 2.14. The molecule has 3 aromatic carbocycles. The van der Waals surface area contributed by atoms with Crippen LogP contribution in [0.3, 0.4) is 0 Å². The largest absolute Gasteiger partial charge is 0.298 e. The minimum absolute atomic E-state index is 0.156. The lowest BCUT2D eigenvalue weighted by atomic mass is 10.0. The first-order valence-corrected chi connectivity index (χ1v) is 10.1. The molecule has 0 saturated heterocycles. The number of aromatic nitrogens is 2. The van der Waals surface area contributed by atoms with Gasteiger partial charge in [-0.2, -0.15) is 0 Å². The van der Waals surface area contributed by atoms with Crippen LogP contribution in [0.5, 0.6) is 0 Å². The van der Waals surface area contributed by atoms with Crippen molar-refractivity contribution in [1.29, 1.82) is 0 Å². The molecule has 0 aliphatic rings. The van der Waals surface area contributed by atoms with Gasteiger partial charge in [-0.3, -0.25) is 10.1 Å². The van der Waals surface area contributed by atoms with E-state index < -0.39 is 0 Å². The predicted molar refractivity (Wildman–Crippen MR) is 113 cm³/mol. The van der Waals surface area contributed by atoms with Gasteiger partial charge in [0.15, 0.2) is 5.13 Å². The number of nitrogens with one attached hydrogen (secondary N) is 1. The van der Waals surface area contributed by atoms with Gasteiger partial charge in [0.25, 0.3) is 5.91 Å². The summed E-state index contributed by atoms with van der Waals surface area (Å²) in [6.07, 6.45) is 0. The number of carbonyl (C=O) groups is 1. The number of carbonyl (C=O) groups excluding carboxylic acids is 1. The molecule has 5 rings (SSSR count). The Morgan fingerprint density at radius 3 is 2.63 bits per heavy atom. The number of fused-ring (bicyclic) bond motifs is 2. The number of rotatable bonds is 3. The van der Waals surface area contributed by atoms with E-state index in [1.54, 1.807) is 11.3 Å². The number of hydrogen-bond donors (Lipinski definition) is 1. The van der Waals surface area contributed by atoms with Gasteiger partial charge >= 0.3 is 0 Å². The molecule has 5 aromatic rings. The molecule has 1 amide bonds. The third kappa shape index (κ3) is 2.99. The molecule has 130 valence electrons. The molecular formula is C21H13N3OS2. The van der Waals surface area contributed by atoms with Crippen LogP contribution >= 0.6 is 22.7 Å². The van der Waals surface area contributed by atoms with Crippen molar-refractivity contribution in [2.24, 2.45) is 0 Å². The van der Waals surface area contributed by atoms with Crippen molar-refractivity contribution in [3.05, 3.63) is 77.7 Å². The molecule has 2 aromatic heterocycles. The van der Waals surface area contributed by atoms with Crippen LogP contribution in [-0.2, 0) is 0 Å². The van der Waals surface area contributed by atoms with Gasteiger partial charge in [-0.1, -0.05) is 48.5 Å². The van der Waals surface area contributed by atoms with Crippen LogP contribution in [0.1, 0.15) is 10.4 Å². The molecular weight excluding hydrogens is 374 g/mol. The Morgan fingerprint density at radius 1 is 0.889 bits per heavy atom. The maximum absolute atomic E-state index is 12.8. The monoisotopic (exact) mass is 387 g/mol. The maximum atomic E-state index is 12.8. The highest BCUT2D eigenvalue weighted by molar-refractivity contribution is 7.22. The second kappa shape index (κ2) is 6.57. The second-order valence-electron chi connectivity index (χ2n) is 6.01. The molecule has 0 radical (unpaired) electrons. The first-order chi connectivity index (χ1) is 13.3. The third-order valence-electron chi connectivity index (χ3n) is 4.27. The molecule has 27 heavy (non-hydrogen) atoms. The average Bonchev–Trinajstić information content (AvgIpc) is 3.34. The maximum Gasteiger partial charge on any atom is 0.258 e. The number of hydrogen-bond acceptors (Lipinski definition) is 5. The van der Waals surface area contributed by atoms with E-state index in [0.717, 1.165) is 31.7 Å². The van der Waals surface area contributed by atoms with E-state index in [0.29, 0.717) is 10.7 Å². The number of thiazole rings is 2. The fourth-order valence-electron chi connectivity index (χ4n) is 3.00. The lowest BCUT2D eigenvalue weighted by Crippen LogP contribution is -2.12. The lowest BCUT2D eigenvalue weighted by molar-refractivity contribution is 0.102. The minimum Gasteiger partial charge on any atom is -0.298 e. The van der Waals surface area contributed by atoms with Gasteiger partial charge in [-0.05, 0) is 29.0 Å². The summed E-state index contributed by atoms with van der Waals surface area (Å²) in [5.41, 5.74) is 2.39. The van der Waals surface area contributed by atoms with E-state index in [-0.39, 0.29) is 5.91 Å². The zero-order valence-corrected chi connectivity index (χ0v) is 15.7. The van der Waals surface area contributed by atoms with Gasteiger partial charge < -0.3 is 0 Å². The number of amides is 1. The standard InChI is InChI=1S/C21H13N3OS2/c25-19(15-9-5-7-13-6-1-2-8-14(13)15)24-21-23-17(12-26-21)20-22-16-10-3-4-11-18(16)27-20/h1-12H,(H,23,24,25). The molecule has 6 heteroatoms. The Kier molecular flexibility index (Phi) is 3.92. The van der Waals surface area contributed by atoms with Crippen molar-refractivity contribution in [2.75, 3.05) is 5.32 Å². The van der Waals surface area contributed by atoms with Crippen LogP contribution in [0.4, 0.5) is 5.13 Å². The summed E-state index contributed by atoms with van der Waals surface area (Å²) in [6.45, 7) is 0. The van der Waals surface area contributed by atoms with Gasteiger partial charge in [0.1, 0.15) is 10.7 Å². The number of anilines is 1. The summed E-state index contributed by atoms with van der Waals surface area (Å²) in [5, 5.41) is 8.25. The SMILES string of the molecule is O=C(Nc1nc(-c2nc3ccccc3s2)cs1)c1cccc2ccccc12. The first kappa shape index (κ1) is 16.1. The highest BCUT2D eigenvalue weighted by atomic mass is 32.1. The van der Waals surface area contributed by atoms with Crippen LogP contribution in [-0.4, -0.2) is 15.9 Å². The highest BCUT2D eigenvalue weighted by Crippen LogP contribution is 2.32. The minimum atomic E-state index is -0.156. The van der Waals surface area contributed by atoms with Crippen LogP contribution in [0, 0.1) is 0 Å². The molecule has 0 bridgehead atoms. The molecule has 1 N–H and O–H groups in total. The molecule has 0 spiro atoms. The fourth-order valence-corrected chi connectivity index (χ4v) is 4.69. The zero-order valence-electron chi connectivity index (χ0n) is 14.0. The molecule has 4 nitrogen and oxygen atoms in total. The van der Waals surface area contributed by atoms with Gasteiger partial charge in [0.2, 0.25) is 0 Å². The van der Waals surface area contributed by atoms with Crippen molar-refractivity contribution >= 4 is 54.7 Å². The van der Waals surface area contributed by atoms with E-state index in [9.17, 15) is 4.79 Å². The quantitative estimate of drug-likeness (QED) is 0.424. The van der Waals surface area contributed by atoms with E-state index in [1.807, 2.05) is 72.1 Å². The number of para-hydroxylation sites is 1. The second-order valence-corrected chi connectivity index (χ2v) is 7.89.